The molecule has 4 rings (SSSR count). The highest BCUT2D eigenvalue weighted by molar-refractivity contribution is 5.78. The molecule has 0 unspecified atom stereocenters. The van der Waals surface area contributed by atoms with Gasteiger partial charge in [0.25, 0.3) is 0 Å². The number of phenols is 1. The third kappa shape index (κ3) is 8.17. The number of aromatic hydroxyl groups is 1. The molecule has 1 heterocycles. The first kappa shape index (κ1) is 26.9. The Morgan fingerprint density at radius 2 is 1.77 bits per heavy atom. The number of nitrogens with zero attached hydrogens (tertiary/aromatic N) is 2. The highest BCUT2D eigenvalue weighted by Crippen LogP contribution is 2.32. The molecule has 2 aromatic rings. The van der Waals surface area contributed by atoms with Crippen LogP contribution in [-0.4, -0.2) is 59.4 Å². The second-order valence-electron chi connectivity index (χ2n) is 10.6. The van der Waals surface area contributed by atoms with E-state index >= 15 is 0 Å². The molecule has 2 aromatic carbocycles. The summed E-state index contributed by atoms with van der Waals surface area (Å²) in [5.41, 5.74) is 1.03. The third-order valence-corrected chi connectivity index (χ3v) is 6.87. The van der Waals surface area contributed by atoms with E-state index in [0.29, 0.717) is 25.4 Å². The highest BCUT2D eigenvalue weighted by Gasteiger charge is 2.33. The molecule has 2 aliphatic rings. The maximum atomic E-state index is 12.9. The number of hydrogen-bond acceptors (Lipinski definition) is 5. The number of benzene rings is 2. The van der Waals surface area contributed by atoms with Crippen LogP contribution in [0.3, 0.4) is 0 Å². The van der Waals surface area contributed by atoms with Gasteiger partial charge < -0.3 is 24.7 Å². The standard InChI is InChI=1S/C23H30N2O4.C6H12/c1-23(2,28)15-22(27)25-12-11-24(18-9-10-21(29-3)20(26)14-18)16-19(25)13-17-7-5-4-6-8-17;1-6-4-2-3-5-6/h4-10,14,19,26,28H,11-13,15-16H2,1-3H3;6H,2-5H2,1H3/t19-;/m0./s1. The van der Waals surface area contributed by atoms with Gasteiger partial charge in [-0.1, -0.05) is 62.9 Å². The van der Waals surface area contributed by atoms with Crippen molar-refractivity contribution in [3.8, 4) is 11.5 Å². The predicted molar refractivity (Wildman–Crippen MR) is 141 cm³/mol. The molecule has 2 N–H and O–H groups in total. The number of phenolic OH excluding ortho intramolecular Hbond substituents is 1. The fourth-order valence-electron chi connectivity index (χ4n) is 4.96. The van der Waals surface area contributed by atoms with Gasteiger partial charge >= 0.3 is 0 Å². The smallest absolute Gasteiger partial charge is 0.225 e. The fraction of sp³-hybridized carbons (Fsp3) is 0.552. The van der Waals surface area contributed by atoms with Crippen molar-refractivity contribution in [3.63, 3.8) is 0 Å². The number of methoxy groups -OCH3 is 1. The van der Waals surface area contributed by atoms with Crippen molar-refractivity contribution < 1.29 is 19.7 Å². The molecule has 0 spiro atoms. The summed E-state index contributed by atoms with van der Waals surface area (Å²) < 4.78 is 5.14. The average molecular weight is 483 g/mol. The second-order valence-corrected chi connectivity index (χ2v) is 10.6. The van der Waals surface area contributed by atoms with Crippen LogP contribution in [0.4, 0.5) is 5.69 Å². The second kappa shape index (κ2) is 12.3. The Morgan fingerprint density at radius 1 is 1.09 bits per heavy atom. The Hall–Kier alpha value is -2.73. The van der Waals surface area contributed by atoms with E-state index in [1.165, 1.54) is 32.8 Å². The van der Waals surface area contributed by atoms with Crippen molar-refractivity contribution in [3.05, 3.63) is 54.1 Å². The minimum absolute atomic E-state index is 0.0229. The molecule has 1 aliphatic carbocycles. The van der Waals surface area contributed by atoms with Crippen LogP contribution in [-0.2, 0) is 11.2 Å². The Balaban J connectivity index is 0.000000497. The number of piperazine rings is 1. The van der Waals surface area contributed by atoms with Crippen LogP contribution >= 0.6 is 0 Å². The molecule has 1 atom stereocenters. The number of anilines is 1. The van der Waals surface area contributed by atoms with Crippen molar-refractivity contribution in [1.82, 2.24) is 4.90 Å². The van der Waals surface area contributed by atoms with Gasteiger partial charge in [0.15, 0.2) is 11.5 Å². The van der Waals surface area contributed by atoms with Gasteiger partial charge in [0.2, 0.25) is 5.91 Å². The predicted octanol–water partition coefficient (Wildman–Crippen LogP) is 5.02. The lowest BCUT2D eigenvalue weighted by Gasteiger charge is -2.43. The zero-order valence-electron chi connectivity index (χ0n) is 21.7. The van der Waals surface area contributed by atoms with Crippen LogP contribution in [0.1, 0.15) is 58.4 Å². The summed E-state index contributed by atoms with van der Waals surface area (Å²) >= 11 is 0. The molecule has 0 bridgehead atoms. The number of amides is 1. The maximum Gasteiger partial charge on any atom is 0.225 e. The van der Waals surface area contributed by atoms with E-state index in [2.05, 4.69) is 24.0 Å². The maximum absolute atomic E-state index is 12.9. The summed E-state index contributed by atoms with van der Waals surface area (Å²) in [5.74, 6) is 1.55. The van der Waals surface area contributed by atoms with Crippen LogP contribution in [0, 0.1) is 5.92 Å². The fourth-order valence-corrected chi connectivity index (χ4v) is 4.96. The molecule has 6 nitrogen and oxygen atoms in total. The van der Waals surface area contributed by atoms with Crippen LogP contribution in [0.5, 0.6) is 11.5 Å². The lowest BCUT2D eigenvalue weighted by atomic mass is 9.98. The molecule has 35 heavy (non-hydrogen) atoms. The molecule has 0 aromatic heterocycles. The summed E-state index contributed by atoms with van der Waals surface area (Å²) in [5, 5.41) is 20.3. The monoisotopic (exact) mass is 482 g/mol. The first-order valence-corrected chi connectivity index (χ1v) is 12.8. The summed E-state index contributed by atoms with van der Waals surface area (Å²) in [6.07, 6.45) is 6.78. The van der Waals surface area contributed by atoms with Crippen LogP contribution < -0.4 is 9.64 Å². The molecular weight excluding hydrogens is 440 g/mol. The van der Waals surface area contributed by atoms with Gasteiger partial charge in [-0.2, -0.15) is 0 Å². The summed E-state index contributed by atoms with van der Waals surface area (Å²) in [6.45, 7) is 7.54. The largest absolute Gasteiger partial charge is 0.504 e. The minimum Gasteiger partial charge on any atom is -0.504 e. The summed E-state index contributed by atoms with van der Waals surface area (Å²) in [7, 11) is 1.53. The van der Waals surface area contributed by atoms with Gasteiger partial charge in [-0.05, 0) is 43.9 Å². The first-order chi connectivity index (χ1) is 16.7. The van der Waals surface area contributed by atoms with E-state index in [1.807, 2.05) is 29.2 Å². The Bertz CT molecular complexity index is 935. The van der Waals surface area contributed by atoms with E-state index in [-0.39, 0.29) is 24.1 Å². The van der Waals surface area contributed by atoms with Gasteiger partial charge in [0.05, 0.1) is 25.2 Å². The van der Waals surface area contributed by atoms with Crippen molar-refractivity contribution in [2.45, 2.75) is 70.9 Å². The van der Waals surface area contributed by atoms with E-state index in [0.717, 1.165) is 23.6 Å². The Labute approximate surface area is 210 Å². The molecule has 6 heteroatoms. The highest BCUT2D eigenvalue weighted by atomic mass is 16.5. The van der Waals surface area contributed by atoms with Gasteiger partial charge in [-0.15, -0.1) is 0 Å². The van der Waals surface area contributed by atoms with Gasteiger partial charge in [0, 0.05) is 31.4 Å². The number of ether oxygens (including phenoxy) is 1. The molecule has 1 saturated carbocycles. The zero-order valence-corrected chi connectivity index (χ0v) is 21.7. The number of aliphatic hydroxyl groups is 1. The summed E-state index contributed by atoms with van der Waals surface area (Å²) in [6, 6.07) is 15.5. The Morgan fingerprint density at radius 3 is 2.31 bits per heavy atom. The molecule has 192 valence electrons. The van der Waals surface area contributed by atoms with Crippen molar-refractivity contribution in [2.75, 3.05) is 31.6 Å². The summed E-state index contributed by atoms with van der Waals surface area (Å²) in [4.78, 5) is 17.0. The molecule has 1 amide bonds. The lowest BCUT2D eigenvalue weighted by Crippen LogP contribution is -2.57. The Kier molecular flexibility index (Phi) is 9.44. The van der Waals surface area contributed by atoms with Crippen LogP contribution in [0.25, 0.3) is 0 Å². The molecule has 2 fully saturated rings. The zero-order chi connectivity index (χ0) is 25.4. The quantitative estimate of drug-likeness (QED) is 0.605. The molecule has 1 aliphatic heterocycles. The number of carbonyl (C=O) groups is 1. The van der Waals surface area contributed by atoms with Crippen molar-refractivity contribution >= 4 is 11.6 Å². The van der Waals surface area contributed by atoms with E-state index in [1.54, 1.807) is 26.0 Å². The van der Waals surface area contributed by atoms with Gasteiger partial charge in [-0.3, -0.25) is 4.79 Å². The van der Waals surface area contributed by atoms with Gasteiger partial charge in [-0.25, -0.2) is 0 Å². The minimum atomic E-state index is -1.03. The first-order valence-electron chi connectivity index (χ1n) is 12.8. The molecule has 0 radical (unpaired) electrons. The third-order valence-electron chi connectivity index (χ3n) is 6.87. The number of hydrogen-bond donors (Lipinski definition) is 2. The van der Waals surface area contributed by atoms with E-state index in [9.17, 15) is 15.0 Å². The lowest BCUT2D eigenvalue weighted by molar-refractivity contribution is -0.138. The van der Waals surface area contributed by atoms with Crippen LogP contribution in [0.15, 0.2) is 48.5 Å². The van der Waals surface area contributed by atoms with Crippen LogP contribution in [0.2, 0.25) is 0 Å². The number of carbonyl (C=O) groups excluding carboxylic acids is 1. The SMILES string of the molecule is CC1CCCC1.COc1ccc(N2CCN(C(=O)CC(C)(C)O)[C@@H](Cc3ccccc3)C2)cc1O. The van der Waals surface area contributed by atoms with E-state index in [4.69, 9.17) is 4.74 Å². The van der Waals surface area contributed by atoms with E-state index < -0.39 is 5.60 Å². The average Bonchev–Trinajstić information content (AvgIpc) is 3.30. The topological polar surface area (TPSA) is 73.2 Å². The molecule has 1 saturated heterocycles. The normalized spacial score (nSPS) is 18.7. The molecular formula is C29H42N2O4. The van der Waals surface area contributed by atoms with Gasteiger partial charge in [0.1, 0.15) is 0 Å². The van der Waals surface area contributed by atoms with Crippen molar-refractivity contribution in [1.29, 1.82) is 0 Å². The van der Waals surface area contributed by atoms with Crippen molar-refractivity contribution in [2.24, 2.45) is 5.92 Å². The number of rotatable bonds is 6.